The maximum Gasteiger partial charge on any atom is 0.0499 e. The Hall–Kier alpha value is -0.670. The van der Waals surface area contributed by atoms with E-state index in [1.54, 1.807) is 0 Å². The minimum atomic E-state index is 0.174. The molecule has 0 fully saturated rings. The van der Waals surface area contributed by atoms with Gasteiger partial charge in [-0.2, -0.15) is 0 Å². The first-order valence-corrected chi connectivity index (χ1v) is 4.83. The van der Waals surface area contributed by atoms with Gasteiger partial charge in [-0.05, 0) is 24.1 Å². The molecular weight excluding hydrogens is 182 g/mol. The van der Waals surface area contributed by atoms with Gasteiger partial charge in [-0.3, -0.25) is 0 Å². The molecule has 1 unspecified atom stereocenters. The summed E-state index contributed by atoms with van der Waals surface area (Å²) < 4.78 is 0. The minimum absolute atomic E-state index is 0.174. The summed E-state index contributed by atoms with van der Waals surface area (Å²) >= 11 is 4.23. The van der Waals surface area contributed by atoms with E-state index in [4.69, 9.17) is 10.8 Å². The third-order valence-electron chi connectivity index (χ3n) is 2.24. The molecule has 1 atom stereocenters. The van der Waals surface area contributed by atoms with Crippen molar-refractivity contribution >= 4 is 18.3 Å². The van der Waals surface area contributed by atoms with Gasteiger partial charge in [0.05, 0.1) is 0 Å². The number of nitrogen functional groups attached to an aromatic ring is 1. The lowest BCUT2D eigenvalue weighted by Crippen LogP contribution is -2.03. The zero-order valence-electron chi connectivity index (χ0n) is 7.70. The molecule has 0 amide bonds. The number of rotatable bonds is 3. The number of anilines is 1. The van der Waals surface area contributed by atoms with Crippen molar-refractivity contribution in [2.45, 2.75) is 24.2 Å². The van der Waals surface area contributed by atoms with Crippen LogP contribution in [0.2, 0.25) is 0 Å². The molecule has 0 heterocycles. The molecule has 0 saturated carbocycles. The van der Waals surface area contributed by atoms with Crippen molar-refractivity contribution in [2.75, 3.05) is 12.3 Å². The highest BCUT2D eigenvalue weighted by molar-refractivity contribution is 7.80. The maximum absolute atomic E-state index is 9.08. The quantitative estimate of drug-likeness (QED) is 0.513. The molecule has 72 valence electrons. The van der Waals surface area contributed by atoms with Crippen LogP contribution >= 0.6 is 12.6 Å². The van der Waals surface area contributed by atoms with Crippen LogP contribution in [0.15, 0.2) is 23.1 Å². The molecule has 0 bridgehead atoms. The predicted octanol–water partition coefficient (Wildman–Crippen LogP) is 2.04. The molecule has 13 heavy (non-hydrogen) atoms. The fourth-order valence-electron chi connectivity index (χ4n) is 1.28. The van der Waals surface area contributed by atoms with Gasteiger partial charge in [0.2, 0.25) is 0 Å². The Morgan fingerprint density at radius 2 is 2.23 bits per heavy atom. The first-order valence-electron chi connectivity index (χ1n) is 4.38. The average molecular weight is 197 g/mol. The number of hydrogen-bond donors (Lipinski definition) is 3. The Bertz CT molecular complexity index is 284. The van der Waals surface area contributed by atoms with E-state index in [1.165, 1.54) is 0 Å². The topological polar surface area (TPSA) is 46.2 Å². The van der Waals surface area contributed by atoms with Gasteiger partial charge in [0.15, 0.2) is 0 Å². The van der Waals surface area contributed by atoms with E-state index < -0.39 is 0 Å². The fourth-order valence-corrected chi connectivity index (χ4v) is 1.51. The summed E-state index contributed by atoms with van der Waals surface area (Å²) in [5, 5.41) is 9.08. The van der Waals surface area contributed by atoms with Crippen molar-refractivity contribution in [3.05, 3.63) is 23.8 Å². The monoisotopic (exact) mass is 197 g/mol. The molecule has 0 aromatic heterocycles. The van der Waals surface area contributed by atoms with Gasteiger partial charge in [0.25, 0.3) is 0 Å². The van der Waals surface area contributed by atoms with E-state index in [0.717, 1.165) is 16.9 Å². The molecule has 2 nitrogen and oxygen atoms in total. The summed E-state index contributed by atoms with van der Waals surface area (Å²) in [7, 11) is 0. The van der Waals surface area contributed by atoms with Gasteiger partial charge >= 0.3 is 0 Å². The third-order valence-corrected chi connectivity index (χ3v) is 2.63. The zero-order chi connectivity index (χ0) is 9.84. The van der Waals surface area contributed by atoms with Crippen molar-refractivity contribution in [3.63, 3.8) is 0 Å². The number of nitrogens with two attached hydrogens (primary N) is 1. The molecule has 0 aliphatic heterocycles. The molecular formula is C10H15NOS. The number of aliphatic hydroxyl groups is 1. The van der Waals surface area contributed by atoms with Crippen LogP contribution in [-0.2, 0) is 0 Å². The lowest BCUT2D eigenvalue weighted by molar-refractivity contribution is 0.262. The number of benzene rings is 1. The summed E-state index contributed by atoms with van der Waals surface area (Å²) in [6.45, 7) is 2.23. The van der Waals surface area contributed by atoms with Crippen molar-refractivity contribution in [1.29, 1.82) is 0 Å². The van der Waals surface area contributed by atoms with E-state index in [1.807, 2.05) is 18.2 Å². The summed E-state index contributed by atoms with van der Waals surface area (Å²) in [5.74, 6) is 0.200. The van der Waals surface area contributed by atoms with Crippen molar-refractivity contribution in [1.82, 2.24) is 0 Å². The van der Waals surface area contributed by atoms with Crippen LogP contribution in [-0.4, -0.2) is 11.7 Å². The Morgan fingerprint density at radius 3 is 2.69 bits per heavy atom. The summed E-state index contributed by atoms with van der Waals surface area (Å²) in [5.41, 5.74) is 7.41. The molecule has 3 heteroatoms. The van der Waals surface area contributed by atoms with E-state index in [2.05, 4.69) is 19.6 Å². The fraction of sp³-hybridized carbons (Fsp3) is 0.400. The van der Waals surface area contributed by atoms with Crippen LogP contribution in [0, 0.1) is 0 Å². The molecule has 1 aromatic rings. The largest absolute Gasteiger partial charge is 0.398 e. The van der Waals surface area contributed by atoms with E-state index in [9.17, 15) is 0 Å². The van der Waals surface area contributed by atoms with Crippen LogP contribution < -0.4 is 5.73 Å². The van der Waals surface area contributed by atoms with Gasteiger partial charge in [-0.1, -0.05) is 13.0 Å². The summed E-state index contributed by atoms with van der Waals surface area (Å²) in [4.78, 5) is 0.782. The first-order chi connectivity index (χ1) is 6.19. The second-order valence-corrected chi connectivity index (χ2v) is 3.59. The smallest absolute Gasteiger partial charge is 0.0499 e. The lowest BCUT2D eigenvalue weighted by atomic mass is 9.97. The molecule has 1 rings (SSSR count). The normalized spacial score (nSPS) is 12.8. The van der Waals surface area contributed by atoms with Gasteiger partial charge in [-0.15, -0.1) is 12.6 Å². The first kappa shape index (κ1) is 10.4. The van der Waals surface area contributed by atoms with Gasteiger partial charge in [-0.25, -0.2) is 0 Å². The molecule has 0 radical (unpaired) electrons. The Kier molecular flexibility index (Phi) is 3.63. The third kappa shape index (κ3) is 2.39. The van der Waals surface area contributed by atoms with E-state index in [-0.39, 0.29) is 12.5 Å². The molecule has 0 aliphatic rings. The maximum atomic E-state index is 9.08. The van der Waals surface area contributed by atoms with Crippen LogP contribution in [0.1, 0.15) is 24.8 Å². The van der Waals surface area contributed by atoms with Crippen molar-refractivity contribution in [2.24, 2.45) is 0 Å². The number of aliphatic hydroxyl groups excluding tert-OH is 1. The predicted molar refractivity (Wildman–Crippen MR) is 58.2 cm³/mol. The molecule has 0 saturated heterocycles. The molecule has 0 aliphatic carbocycles. The van der Waals surface area contributed by atoms with Gasteiger partial charge in [0, 0.05) is 23.1 Å². The average Bonchev–Trinajstić information content (AvgIpc) is 2.13. The highest BCUT2D eigenvalue weighted by atomic mass is 32.1. The number of thiol groups is 1. The molecule has 1 aromatic carbocycles. The SMILES string of the molecule is CCC(CO)c1ccc(N)c(S)c1. The summed E-state index contributed by atoms with van der Waals surface area (Å²) in [6.07, 6.45) is 0.924. The Morgan fingerprint density at radius 1 is 1.54 bits per heavy atom. The van der Waals surface area contributed by atoms with Crippen molar-refractivity contribution in [3.8, 4) is 0 Å². The van der Waals surface area contributed by atoms with E-state index >= 15 is 0 Å². The van der Waals surface area contributed by atoms with Crippen LogP contribution in [0.3, 0.4) is 0 Å². The second-order valence-electron chi connectivity index (χ2n) is 3.11. The second kappa shape index (κ2) is 4.53. The van der Waals surface area contributed by atoms with E-state index in [0.29, 0.717) is 5.69 Å². The van der Waals surface area contributed by atoms with Gasteiger partial charge in [0.1, 0.15) is 0 Å². The minimum Gasteiger partial charge on any atom is -0.398 e. The van der Waals surface area contributed by atoms with Crippen LogP contribution in [0.5, 0.6) is 0 Å². The Labute approximate surface area is 84.2 Å². The molecule has 0 spiro atoms. The van der Waals surface area contributed by atoms with Crippen LogP contribution in [0.25, 0.3) is 0 Å². The highest BCUT2D eigenvalue weighted by Gasteiger charge is 2.08. The summed E-state index contributed by atoms with van der Waals surface area (Å²) in [6, 6.07) is 5.69. The van der Waals surface area contributed by atoms with Gasteiger partial charge < -0.3 is 10.8 Å². The highest BCUT2D eigenvalue weighted by Crippen LogP contribution is 2.24. The van der Waals surface area contributed by atoms with Crippen LogP contribution in [0.4, 0.5) is 5.69 Å². The Balaban J connectivity index is 2.95. The standard InChI is InChI=1S/C10H15NOS/c1-2-7(6-12)8-3-4-9(11)10(13)5-8/h3-5,7,12-13H,2,6,11H2,1H3. The zero-order valence-corrected chi connectivity index (χ0v) is 8.59. The molecule has 3 N–H and O–H groups in total. The number of hydrogen-bond acceptors (Lipinski definition) is 3. The van der Waals surface area contributed by atoms with Crippen molar-refractivity contribution < 1.29 is 5.11 Å². The lowest BCUT2D eigenvalue weighted by Gasteiger charge is -2.12.